The van der Waals surface area contributed by atoms with Crippen LogP contribution in [-0.4, -0.2) is 13.4 Å². The van der Waals surface area contributed by atoms with Crippen molar-refractivity contribution in [3.63, 3.8) is 0 Å². The fourth-order valence-corrected chi connectivity index (χ4v) is 0.926. The van der Waals surface area contributed by atoms with Crippen LogP contribution in [0.3, 0.4) is 0 Å². The van der Waals surface area contributed by atoms with Gasteiger partial charge in [0.1, 0.15) is 0 Å². The number of hydrogen-bond acceptors (Lipinski definition) is 2. The molecule has 0 amide bonds. The van der Waals surface area contributed by atoms with Crippen LogP contribution in [-0.2, 0) is 10.3 Å². The quantitative estimate of drug-likeness (QED) is 0.564. The minimum Gasteiger partial charge on any atom is -0.349 e. The molecule has 0 aliphatic heterocycles. The summed E-state index contributed by atoms with van der Waals surface area (Å²) in [4.78, 5) is 2.62. The third-order valence-electron chi connectivity index (χ3n) is 1.12. The van der Waals surface area contributed by atoms with Crippen molar-refractivity contribution < 1.29 is 8.42 Å². The fourth-order valence-electron chi connectivity index (χ4n) is 0.592. The van der Waals surface area contributed by atoms with Gasteiger partial charge in [0.15, 0.2) is 4.64 Å². The molecule has 3 nitrogen and oxygen atoms in total. The maximum Gasteiger partial charge on any atom is 0.238 e. The van der Waals surface area contributed by atoms with E-state index >= 15 is 0 Å². The van der Waals surface area contributed by atoms with Gasteiger partial charge in [-0.25, -0.2) is 0 Å². The molecule has 0 aromatic carbocycles. The summed E-state index contributed by atoms with van der Waals surface area (Å²) < 4.78 is 20.8. The molecule has 0 aliphatic carbocycles. The lowest BCUT2D eigenvalue weighted by molar-refractivity contribution is 0.624. The topological polar surface area (TPSA) is 49.9 Å². The molecule has 0 saturated carbocycles. The SMILES string of the molecule is Cc1ccc(=S(=O)=O)[nH]c1. The Hall–Kier alpha value is -1.03. The second kappa shape index (κ2) is 2.70. The number of aromatic amines is 1. The van der Waals surface area contributed by atoms with Gasteiger partial charge in [0.05, 0.1) is 0 Å². The van der Waals surface area contributed by atoms with E-state index in [1.807, 2.05) is 6.92 Å². The lowest BCUT2D eigenvalue weighted by Crippen LogP contribution is -1.77. The van der Waals surface area contributed by atoms with Gasteiger partial charge >= 0.3 is 0 Å². The van der Waals surface area contributed by atoms with Crippen LogP contribution in [0.2, 0.25) is 0 Å². The Kier molecular flexibility index (Phi) is 1.91. The smallest absolute Gasteiger partial charge is 0.238 e. The van der Waals surface area contributed by atoms with Crippen LogP contribution in [0, 0.1) is 11.6 Å². The first kappa shape index (κ1) is 7.08. The van der Waals surface area contributed by atoms with Crippen LogP contribution in [0.25, 0.3) is 0 Å². The summed E-state index contributed by atoms with van der Waals surface area (Å²) in [7, 11) is -2.14. The van der Waals surface area contributed by atoms with Crippen molar-refractivity contribution in [2.45, 2.75) is 6.92 Å². The van der Waals surface area contributed by atoms with Crippen molar-refractivity contribution in [3.8, 4) is 0 Å². The van der Waals surface area contributed by atoms with E-state index < -0.39 is 10.3 Å². The zero-order valence-electron chi connectivity index (χ0n) is 5.46. The maximum absolute atomic E-state index is 10.3. The second-order valence-corrected chi connectivity index (χ2v) is 2.87. The minimum absolute atomic E-state index is 0.214. The van der Waals surface area contributed by atoms with Gasteiger partial charge in [-0.1, -0.05) is 6.07 Å². The van der Waals surface area contributed by atoms with Crippen LogP contribution < -0.4 is 0 Å². The Morgan fingerprint density at radius 3 is 2.50 bits per heavy atom. The largest absolute Gasteiger partial charge is 0.349 e. The molecule has 54 valence electrons. The first-order valence-electron chi connectivity index (χ1n) is 2.78. The van der Waals surface area contributed by atoms with Crippen molar-refractivity contribution >= 4 is 10.3 Å². The Bertz CT molecular complexity index is 360. The first-order chi connectivity index (χ1) is 4.70. The molecule has 1 N–H and O–H groups in total. The van der Waals surface area contributed by atoms with E-state index in [-0.39, 0.29) is 4.64 Å². The highest BCUT2D eigenvalue weighted by molar-refractivity contribution is 7.63. The molecule has 0 atom stereocenters. The van der Waals surface area contributed by atoms with Crippen molar-refractivity contribution in [1.29, 1.82) is 0 Å². The van der Waals surface area contributed by atoms with Gasteiger partial charge < -0.3 is 4.98 Å². The maximum atomic E-state index is 10.3. The third kappa shape index (κ3) is 1.48. The molecule has 10 heavy (non-hydrogen) atoms. The van der Waals surface area contributed by atoms with E-state index in [1.54, 1.807) is 12.3 Å². The summed E-state index contributed by atoms with van der Waals surface area (Å²) in [5.74, 6) is 0. The molecular formula is C6H7NO2S. The minimum atomic E-state index is -2.14. The molecule has 0 fully saturated rings. The Labute approximate surface area is 59.9 Å². The highest BCUT2D eigenvalue weighted by Crippen LogP contribution is 1.90. The number of aromatic nitrogens is 1. The summed E-state index contributed by atoms with van der Waals surface area (Å²) in [6.45, 7) is 1.88. The van der Waals surface area contributed by atoms with Crippen LogP contribution in [0.15, 0.2) is 18.3 Å². The first-order valence-corrected chi connectivity index (χ1v) is 3.85. The molecule has 1 rings (SSSR count). The summed E-state index contributed by atoms with van der Waals surface area (Å²) in [6.07, 6.45) is 1.64. The molecule has 0 spiro atoms. The van der Waals surface area contributed by atoms with E-state index in [4.69, 9.17) is 0 Å². The molecule has 4 heteroatoms. The van der Waals surface area contributed by atoms with E-state index in [0.717, 1.165) is 5.56 Å². The van der Waals surface area contributed by atoms with Crippen molar-refractivity contribution in [2.75, 3.05) is 0 Å². The molecule has 1 heterocycles. The predicted molar refractivity (Wildman–Crippen MR) is 37.7 cm³/mol. The van der Waals surface area contributed by atoms with Crippen LogP contribution in [0.4, 0.5) is 0 Å². The molecule has 1 aromatic rings. The Morgan fingerprint density at radius 2 is 2.10 bits per heavy atom. The van der Waals surface area contributed by atoms with Crippen molar-refractivity contribution in [2.24, 2.45) is 0 Å². The molecule has 0 aliphatic rings. The number of aryl methyl sites for hydroxylation is 1. The van der Waals surface area contributed by atoms with E-state index in [9.17, 15) is 8.42 Å². The summed E-state index contributed by atoms with van der Waals surface area (Å²) >= 11 is 0. The van der Waals surface area contributed by atoms with Crippen molar-refractivity contribution in [1.82, 2.24) is 4.98 Å². The molecule has 0 saturated heterocycles. The van der Waals surface area contributed by atoms with Gasteiger partial charge in [-0.2, -0.15) is 8.42 Å². The number of hydrogen-bond donors (Lipinski definition) is 1. The van der Waals surface area contributed by atoms with E-state index in [0.29, 0.717) is 0 Å². The highest BCUT2D eigenvalue weighted by Gasteiger charge is 1.81. The average molecular weight is 157 g/mol. The lowest BCUT2D eigenvalue weighted by Gasteiger charge is -1.85. The van der Waals surface area contributed by atoms with Gasteiger partial charge in [-0.05, 0) is 18.6 Å². The fraction of sp³-hybridized carbons (Fsp3) is 0.167. The number of nitrogens with one attached hydrogen (secondary N) is 1. The normalized spacial score (nSPS) is 9.30. The Morgan fingerprint density at radius 1 is 1.40 bits per heavy atom. The summed E-state index contributed by atoms with van der Waals surface area (Å²) in [5, 5.41) is 0. The van der Waals surface area contributed by atoms with Crippen LogP contribution in [0.1, 0.15) is 5.56 Å². The zero-order valence-corrected chi connectivity index (χ0v) is 6.27. The summed E-state index contributed by atoms with van der Waals surface area (Å²) in [5.41, 5.74) is 1.01. The van der Waals surface area contributed by atoms with Gasteiger partial charge in [-0.15, -0.1) is 0 Å². The number of pyridine rings is 1. The van der Waals surface area contributed by atoms with Gasteiger partial charge in [-0.3, -0.25) is 0 Å². The van der Waals surface area contributed by atoms with Crippen LogP contribution >= 0.6 is 0 Å². The van der Waals surface area contributed by atoms with E-state index in [1.165, 1.54) is 6.07 Å². The lowest BCUT2D eigenvalue weighted by atomic mass is 10.3. The standard InChI is InChI=1S/C6H7NO2S/c1-5-2-3-6(7-4-5)10(8)9/h2-4,7H,1H3. The molecular weight excluding hydrogens is 150 g/mol. The number of H-pyrrole nitrogens is 1. The second-order valence-electron chi connectivity index (χ2n) is 1.96. The highest BCUT2D eigenvalue weighted by atomic mass is 32.2. The summed E-state index contributed by atoms with van der Waals surface area (Å²) in [6, 6.07) is 3.26. The molecule has 1 aromatic heterocycles. The molecule has 0 radical (unpaired) electrons. The monoisotopic (exact) mass is 157 g/mol. The molecule has 0 unspecified atom stereocenters. The Balaban J connectivity index is 3.55. The van der Waals surface area contributed by atoms with Gasteiger partial charge in [0, 0.05) is 6.20 Å². The third-order valence-corrected chi connectivity index (χ3v) is 1.73. The van der Waals surface area contributed by atoms with Gasteiger partial charge in [0.2, 0.25) is 10.3 Å². The molecule has 0 bridgehead atoms. The van der Waals surface area contributed by atoms with E-state index in [2.05, 4.69) is 4.98 Å². The van der Waals surface area contributed by atoms with Crippen LogP contribution in [0.5, 0.6) is 0 Å². The average Bonchev–Trinajstić information content (AvgIpc) is 1.88. The predicted octanol–water partition coefficient (Wildman–Crippen LogP) is 0.734. The number of rotatable bonds is 0. The zero-order chi connectivity index (χ0) is 7.56. The van der Waals surface area contributed by atoms with Gasteiger partial charge in [0.25, 0.3) is 0 Å². The van der Waals surface area contributed by atoms with Crippen molar-refractivity contribution in [3.05, 3.63) is 28.5 Å².